The molecule has 1 aromatic rings. The summed E-state index contributed by atoms with van der Waals surface area (Å²) < 4.78 is 2.59. The van der Waals surface area contributed by atoms with E-state index in [-0.39, 0.29) is 5.84 Å². The zero-order valence-corrected chi connectivity index (χ0v) is 16.6. The molecular formula is C15H18N2O2S4. The van der Waals surface area contributed by atoms with Crippen LogP contribution in [0.15, 0.2) is 33.2 Å². The van der Waals surface area contributed by atoms with Crippen molar-refractivity contribution in [3.8, 4) is 0 Å². The van der Waals surface area contributed by atoms with Gasteiger partial charge < -0.3 is 15.5 Å². The normalized spacial score (nSPS) is 26.4. The molecule has 0 fully saturated rings. The molecule has 0 aliphatic carbocycles. The molecule has 8 heteroatoms. The van der Waals surface area contributed by atoms with E-state index >= 15 is 0 Å². The Morgan fingerprint density at radius 2 is 2.04 bits per heavy atom. The van der Waals surface area contributed by atoms with Gasteiger partial charge in [0.25, 0.3) is 10.0 Å². The second kappa shape index (κ2) is 6.07. The van der Waals surface area contributed by atoms with Crippen LogP contribution >= 0.6 is 46.2 Å². The quantitative estimate of drug-likeness (QED) is 0.404. The lowest BCUT2D eigenvalue weighted by Gasteiger charge is -2.38. The highest BCUT2D eigenvalue weighted by Crippen LogP contribution is 2.53. The maximum atomic E-state index is 12.5. The average Bonchev–Trinajstić information content (AvgIpc) is 3.18. The van der Waals surface area contributed by atoms with E-state index in [9.17, 15) is 10.4 Å². The molecule has 1 unspecified atom stereocenters. The summed E-state index contributed by atoms with van der Waals surface area (Å²) in [5.74, 6) is 0.175. The van der Waals surface area contributed by atoms with Crippen molar-refractivity contribution in [2.75, 3.05) is 0 Å². The molecule has 0 radical (unpaired) electrons. The van der Waals surface area contributed by atoms with Crippen LogP contribution in [0.5, 0.6) is 0 Å². The van der Waals surface area contributed by atoms with Gasteiger partial charge >= 0.3 is 0 Å². The van der Waals surface area contributed by atoms with Gasteiger partial charge in [-0.05, 0) is 39.2 Å². The van der Waals surface area contributed by atoms with Gasteiger partial charge in [0.05, 0.1) is 22.7 Å². The Bertz CT molecular complexity index is 692. The van der Waals surface area contributed by atoms with Crippen LogP contribution in [0.2, 0.25) is 0 Å². The van der Waals surface area contributed by atoms with Crippen molar-refractivity contribution < 1.29 is 4.74 Å². The number of rotatable bonds is 3. The van der Waals surface area contributed by atoms with Gasteiger partial charge in [0, 0.05) is 11.0 Å². The molecule has 4 nitrogen and oxygen atoms in total. The van der Waals surface area contributed by atoms with Gasteiger partial charge in [0.15, 0.2) is 0 Å². The van der Waals surface area contributed by atoms with Crippen LogP contribution in [-0.4, -0.2) is 26.7 Å². The lowest BCUT2D eigenvalue weighted by Crippen LogP contribution is -2.52. The largest absolute Gasteiger partial charge is 0.715 e. The number of nitrogens with zero attached hydrogens (tertiary/aromatic N) is 2. The van der Waals surface area contributed by atoms with E-state index < -0.39 is 11.1 Å². The Balaban J connectivity index is 1.75. The van der Waals surface area contributed by atoms with Crippen LogP contribution in [0.3, 0.4) is 0 Å². The third kappa shape index (κ3) is 2.84. The van der Waals surface area contributed by atoms with Crippen LogP contribution in [0.1, 0.15) is 36.5 Å². The summed E-state index contributed by atoms with van der Waals surface area (Å²) in [6.07, 6.45) is 3.52. The smallest absolute Gasteiger partial charge is 0.277 e. The number of hydrogen-bond donors (Lipinski definition) is 0. The first-order valence-electron chi connectivity index (χ1n) is 7.12. The highest BCUT2D eigenvalue weighted by Gasteiger charge is 2.53. The Labute approximate surface area is 152 Å². The SMILES string of the molecule is CC1(C)N([O-])C(/C=C/C2=CSC(c3scc[s+]3)S2)=[N+]([O-])C1(C)C. The van der Waals surface area contributed by atoms with Gasteiger partial charge in [0.1, 0.15) is 26.4 Å². The van der Waals surface area contributed by atoms with Crippen LogP contribution < -0.4 is 0 Å². The van der Waals surface area contributed by atoms with Crippen LogP contribution in [0.25, 0.3) is 0 Å². The predicted octanol–water partition coefficient (Wildman–Crippen LogP) is 5.25. The van der Waals surface area contributed by atoms with Crippen LogP contribution in [0, 0.1) is 10.4 Å². The number of allylic oxidation sites excluding steroid dienone is 1. The standard InChI is InChI=1S/C15H18N2O2S4/c1-14(2)15(3,4)17(19)11(16(14)18)6-5-10-9-22-13(23-10)12-20-7-8-21-12/h5-9,13H,1-4H3/b6-5+. The van der Waals surface area contributed by atoms with E-state index in [1.165, 1.54) is 4.19 Å². The fourth-order valence-corrected chi connectivity index (χ4v) is 7.09. The Hall–Kier alpha value is -0.540. The molecule has 2 aliphatic heterocycles. The molecule has 0 saturated carbocycles. The van der Waals surface area contributed by atoms with Gasteiger partial charge in [-0.1, -0.05) is 11.8 Å². The van der Waals surface area contributed by atoms with E-state index in [1.54, 1.807) is 80.0 Å². The summed E-state index contributed by atoms with van der Waals surface area (Å²) in [5, 5.41) is 32.1. The van der Waals surface area contributed by atoms with Crippen molar-refractivity contribution in [2.24, 2.45) is 0 Å². The van der Waals surface area contributed by atoms with Crippen LogP contribution in [-0.2, 0) is 0 Å². The molecule has 3 heterocycles. The Kier molecular flexibility index (Phi) is 4.57. The topological polar surface area (TPSA) is 52.4 Å². The monoisotopic (exact) mass is 386 g/mol. The summed E-state index contributed by atoms with van der Waals surface area (Å²) in [7, 11) is 0. The van der Waals surface area contributed by atoms with E-state index in [0.717, 1.165) is 14.7 Å². The molecule has 0 saturated heterocycles. The minimum atomic E-state index is -0.762. The Morgan fingerprint density at radius 1 is 1.30 bits per heavy atom. The third-order valence-corrected chi connectivity index (χ3v) is 9.94. The van der Waals surface area contributed by atoms with E-state index in [4.69, 9.17) is 0 Å². The minimum absolute atomic E-state index is 0.175. The van der Waals surface area contributed by atoms with Gasteiger partial charge in [0.2, 0.25) is 0 Å². The molecule has 1 atom stereocenters. The second-order valence-electron chi connectivity index (χ2n) is 6.33. The summed E-state index contributed by atoms with van der Waals surface area (Å²) in [6.45, 7) is 7.22. The van der Waals surface area contributed by atoms with E-state index in [0.29, 0.717) is 4.58 Å². The number of hydroxylamine groups is 3. The lowest BCUT2D eigenvalue weighted by molar-refractivity contribution is -0.539. The first-order valence-corrected chi connectivity index (χ1v) is 10.7. The molecule has 0 aromatic carbocycles. The molecular weight excluding hydrogens is 368 g/mol. The van der Waals surface area contributed by atoms with Gasteiger partial charge in [-0.15, -0.1) is 11.8 Å². The van der Waals surface area contributed by atoms with Gasteiger partial charge in [-0.25, -0.2) is 0 Å². The van der Waals surface area contributed by atoms with Crippen LogP contribution in [0.4, 0.5) is 0 Å². The van der Waals surface area contributed by atoms with E-state index in [1.807, 2.05) is 6.08 Å². The molecule has 0 spiro atoms. The first kappa shape index (κ1) is 17.3. The van der Waals surface area contributed by atoms with Crippen molar-refractivity contribution in [3.05, 3.63) is 47.8 Å². The summed E-state index contributed by atoms with van der Waals surface area (Å²) >= 11 is 7.05. The molecule has 3 rings (SSSR count). The van der Waals surface area contributed by atoms with Gasteiger partial charge in [-0.3, -0.25) is 4.74 Å². The molecule has 124 valence electrons. The van der Waals surface area contributed by atoms with E-state index in [2.05, 4.69) is 16.2 Å². The van der Waals surface area contributed by atoms with Crippen molar-refractivity contribution in [2.45, 2.75) is 43.4 Å². The molecule has 0 bridgehead atoms. The highest BCUT2D eigenvalue weighted by atomic mass is 32.2. The van der Waals surface area contributed by atoms with Gasteiger partial charge in [-0.2, -0.15) is 0 Å². The number of thioether (sulfide) groups is 2. The van der Waals surface area contributed by atoms with Crippen molar-refractivity contribution in [3.63, 3.8) is 0 Å². The highest BCUT2D eigenvalue weighted by molar-refractivity contribution is 8.22. The average molecular weight is 387 g/mol. The summed E-state index contributed by atoms with van der Waals surface area (Å²) in [5.41, 5.74) is -1.52. The number of hydrogen-bond acceptors (Lipinski definition) is 6. The maximum Gasteiger partial charge on any atom is 0.277 e. The number of amidine groups is 1. The molecule has 23 heavy (non-hydrogen) atoms. The predicted molar refractivity (Wildman–Crippen MR) is 104 cm³/mol. The molecule has 0 amide bonds. The molecule has 1 aromatic heterocycles. The first-order chi connectivity index (χ1) is 10.7. The maximum absolute atomic E-state index is 12.5. The van der Waals surface area contributed by atoms with Crippen molar-refractivity contribution in [1.29, 1.82) is 0 Å². The second-order valence-corrected chi connectivity index (χ2v) is 10.9. The van der Waals surface area contributed by atoms with Crippen molar-refractivity contribution in [1.82, 2.24) is 5.06 Å². The Morgan fingerprint density at radius 3 is 2.61 bits per heavy atom. The molecule has 0 N–H and O–H groups in total. The molecule has 2 aliphatic rings. The fraction of sp³-hybridized carbons (Fsp3) is 0.467. The summed E-state index contributed by atoms with van der Waals surface area (Å²) in [4.78, 5) is 1.08. The van der Waals surface area contributed by atoms with Crippen molar-refractivity contribution >= 4 is 52.0 Å². The summed E-state index contributed by atoms with van der Waals surface area (Å²) in [6, 6.07) is 0. The zero-order valence-electron chi connectivity index (χ0n) is 13.3. The minimum Gasteiger partial charge on any atom is -0.715 e. The fourth-order valence-electron chi connectivity index (χ4n) is 2.26. The third-order valence-electron chi connectivity index (χ3n) is 4.49. The lowest BCUT2D eigenvalue weighted by atomic mass is 9.84. The zero-order chi connectivity index (χ0) is 16.8.